The second kappa shape index (κ2) is 30.8. The van der Waals surface area contributed by atoms with E-state index in [1.165, 1.54) is 9.80 Å². The van der Waals surface area contributed by atoms with E-state index in [4.69, 9.17) is 40.9 Å². The molecular formula is C26H46N6O18. The highest BCUT2D eigenvalue weighted by molar-refractivity contribution is 5.74. The summed E-state index contributed by atoms with van der Waals surface area (Å²) in [6.45, 7) is -4.50. The van der Waals surface area contributed by atoms with E-state index in [1.54, 1.807) is 28.2 Å². The van der Waals surface area contributed by atoms with E-state index in [0.29, 0.717) is 0 Å². The lowest BCUT2D eigenvalue weighted by Gasteiger charge is -2.23. The van der Waals surface area contributed by atoms with E-state index in [2.05, 4.69) is 0 Å². The molecule has 0 aromatic rings. The van der Waals surface area contributed by atoms with Crippen LogP contribution in [0, 0.1) is 0 Å². The molecule has 0 aliphatic rings. The van der Waals surface area contributed by atoms with Crippen LogP contribution in [0.1, 0.15) is 0 Å². The molecule has 0 bridgehead atoms. The third-order valence-electron chi connectivity index (χ3n) is 4.76. The van der Waals surface area contributed by atoms with Crippen LogP contribution >= 0.6 is 0 Å². The number of hydrogen-bond donors (Lipinski definition) is 8. The monoisotopic (exact) mass is 730 g/mol. The molecule has 0 saturated carbocycles. The normalized spacial score (nSPS) is 9.92. The minimum absolute atomic E-state index is 0.0703. The summed E-state index contributed by atoms with van der Waals surface area (Å²) in [5.41, 5.74) is 0. The van der Waals surface area contributed by atoms with Crippen molar-refractivity contribution in [1.29, 1.82) is 0 Å². The maximum Gasteiger partial charge on any atom is 0.317 e. The van der Waals surface area contributed by atoms with Crippen LogP contribution in [0.5, 0.6) is 0 Å². The number of nitrogens with zero attached hydrogens (tertiary/aromatic N) is 6. The summed E-state index contributed by atoms with van der Waals surface area (Å²) >= 11 is 0. The standard InChI is InChI=1S/2C10H16N2O8.2C3H7NO/c2*13-7(14)3-11(4-8(15)16)1-2-12(5-9(17)18)6-10(19)20;2*1-4(2)3-5/h2*1-6H2,(H,13,14)(H,15,16)(H,17,18)(H,19,20);2*3H,1-2H3. The molecule has 0 aliphatic carbocycles. The molecule has 0 rings (SSSR count). The van der Waals surface area contributed by atoms with Crippen molar-refractivity contribution < 1.29 is 88.8 Å². The Morgan fingerprint density at radius 2 is 0.440 bits per heavy atom. The quantitative estimate of drug-likeness (QED) is 0.0432. The van der Waals surface area contributed by atoms with Crippen LogP contribution in [-0.2, 0) is 47.9 Å². The van der Waals surface area contributed by atoms with E-state index >= 15 is 0 Å². The van der Waals surface area contributed by atoms with Gasteiger partial charge in [0.1, 0.15) is 0 Å². The topological polar surface area (TPSA) is 352 Å². The van der Waals surface area contributed by atoms with Crippen molar-refractivity contribution in [1.82, 2.24) is 29.4 Å². The Bertz CT molecular complexity index is 883. The van der Waals surface area contributed by atoms with Gasteiger partial charge in [-0.1, -0.05) is 0 Å². The highest BCUT2D eigenvalue weighted by Gasteiger charge is 2.19. The SMILES string of the molecule is CN(C)C=O.CN(C)C=O.O=C(O)CN(CCN(CC(=O)O)CC(=O)O)CC(=O)O.O=C(O)CN(CCN(CC(=O)O)CC(=O)O)CC(=O)O. The first-order valence-corrected chi connectivity index (χ1v) is 13.8. The summed E-state index contributed by atoms with van der Waals surface area (Å²) in [5.74, 6) is -9.82. The number of carboxylic acid groups (broad SMARTS) is 8. The molecule has 0 atom stereocenters. The van der Waals surface area contributed by atoms with Gasteiger partial charge >= 0.3 is 47.8 Å². The molecule has 0 saturated heterocycles. The summed E-state index contributed by atoms with van der Waals surface area (Å²) in [5, 5.41) is 68.9. The van der Waals surface area contributed by atoms with E-state index in [1.807, 2.05) is 0 Å². The number of hydrogen-bond acceptors (Lipinski definition) is 14. The summed E-state index contributed by atoms with van der Waals surface area (Å²) in [6.07, 6.45) is 1.50. The molecule has 0 unspecified atom stereocenters. The van der Waals surface area contributed by atoms with Gasteiger partial charge in [-0.15, -0.1) is 0 Å². The van der Waals surface area contributed by atoms with Gasteiger partial charge in [-0.25, -0.2) is 0 Å². The highest BCUT2D eigenvalue weighted by atomic mass is 16.4. The van der Waals surface area contributed by atoms with Crippen LogP contribution in [0.3, 0.4) is 0 Å². The summed E-state index contributed by atoms with van der Waals surface area (Å²) < 4.78 is 0. The largest absolute Gasteiger partial charge is 0.480 e. The predicted octanol–water partition coefficient (Wildman–Crippen LogP) is -4.73. The van der Waals surface area contributed by atoms with Crippen molar-refractivity contribution in [2.75, 3.05) is 107 Å². The molecule has 8 N–H and O–H groups in total. The number of aliphatic carboxylic acids is 8. The molecule has 50 heavy (non-hydrogen) atoms. The molecule has 24 heteroatoms. The first kappa shape index (κ1) is 51.4. The Kier molecular flexibility index (Phi) is 31.7. The molecule has 0 aromatic heterocycles. The van der Waals surface area contributed by atoms with Gasteiger partial charge in [0.25, 0.3) is 0 Å². The highest BCUT2D eigenvalue weighted by Crippen LogP contribution is 1.95. The van der Waals surface area contributed by atoms with Crippen molar-refractivity contribution >= 4 is 60.6 Å². The minimum Gasteiger partial charge on any atom is -0.480 e. The van der Waals surface area contributed by atoms with Gasteiger partial charge in [0.05, 0.1) is 52.4 Å². The molecule has 0 heterocycles. The fourth-order valence-corrected chi connectivity index (χ4v) is 2.95. The van der Waals surface area contributed by atoms with Gasteiger partial charge in [0.15, 0.2) is 0 Å². The van der Waals surface area contributed by atoms with E-state index in [9.17, 15) is 47.9 Å². The van der Waals surface area contributed by atoms with Crippen molar-refractivity contribution in [2.24, 2.45) is 0 Å². The lowest BCUT2D eigenvalue weighted by molar-refractivity contribution is -0.145. The van der Waals surface area contributed by atoms with Crippen LogP contribution in [0.2, 0.25) is 0 Å². The Morgan fingerprint density at radius 3 is 0.500 bits per heavy atom. The van der Waals surface area contributed by atoms with Crippen LogP contribution in [0.4, 0.5) is 0 Å². The Hall–Kier alpha value is -5.46. The Labute approximate surface area is 285 Å². The number of carbonyl (C=O) groups excluding carboxylic acids is 2. The second-order valence-corrected chi connectivity index (χ2v) is 10.1. The van der Waals surface area contributed by atoms with Crippen molar-refractivity contribution in [3.63, 3.8) is 0 Å². The van der Waals surface area contributed by atoms with Crippen LogP contribution in [0.25, 0.3) is 0 Å². The smallest absolute Gasteiger partial charge is 0.317 e. The van der Waals surface area contributed by atoms with Gasteiger partial charge in [0, 0.05) is 54.4 Å². The summed E-state index contributed by atoms with van der Waals surface area (Å²) in [4.78, 5) is 110. The maximum absolute atomic E-state index is 10.6. The zero-order chi connectivity index (χ0) is 40.0. The molecule has 0 spiro atoms. The lowest BCUT2D eigenvalue weighted by Crippen LogP contribution is -2.43. The van der Waals surface area contributed by atoms with Gasteiger partial charge in [-0.2, -0.15) is 0 Å². The lowest BCUT2D eigenvalue weighted by atomic mass is 10.4. The van der Waals surface area contributed by atoms with Crippen LogP contribution < -0.4 is 0 Å². The molecule has 2 amide bonds. The number of carbonyl (C=O) groups is 10. The fourth-order valence-electron chi connectivity index (χ4n) is 2.95. The molecule has 0 radical (unpaired) electrons. The molecule has 288 valence electrons. The predicted molar refractivity (Wildman–Crippen MR) is 166 cm³/mol. The van der Waals surface area contributed by atoms with E-state index in [0.717, 1.165) is 32.4 Å². The summed E-state index contributed by atoms with van der Waals surface area (Å²) in [6, 6.07) is 0. The zero-order valence-corrected chi connectivity index (χ0v) is 28.0. The van der Waals surface area contributed by atoms with Gasteiger partial charge in [0.2, 0.25) is 12.8 Å². The Morgan fingerprint density at radius 1 is 0.340 bits per heavy atom. The average molecular weight is 731 g/mol. The van der Waals surface area contributed by atoms with Crippen LogP contribution in [0.15, 0.2) is 0 Å². The molecular weight excluding hydrogens is 684 g/mol. The third kappa shape index (κ3) is 44.7. The fraction of sp³-hybridized carbons (Fsp3) is 0.615. The Balaban J connectivity index is -0.000000332. The molecule has 24 nitrogen and oxygen atoms in total. The molecule has 0 fully saturated rings. The van der Waals surface area contributed by atoms with Crippen molar-refractivity contribution in [3.05, 3.63) is 0 Å². The first-order valence-electron chi connectivity index (χ1n) is 13.8. The van der Waals surface area contributed by atoms with Gasteiger partial charge in [-0.05, 0) is 0 Å². The van der Waals surface area contributed by atoms with Gasteiger partial charge < -0.3 is 50.7 Å². The molecule has 0 aliphatic heterocycles. The van der Waals surface area contributed by atoms with Crippen LogP contribution in [-0.4, -0.2) is 238 Å². The third-order valence-corrected chi connectivity index (χ3v) is 4.76. The first-order chi connectivity index (χ1) is 22.9. The minimum atomic E-state index is -1.23. The van der Waals surface area contributed by atoms with Crippen molar-refractivity contribution in [3.8, 4) is 0 Å². The average Bonchev–Trinajstić information content (AvgIpc) is 2.93. The zero-order valence-electron chi connectivity index (χ0n) is 28.0. The number of carboxylic acids is 8. The van der Waals surface area contributed by atoms with E-state index < -0.39 is 100 Å². The van der Waals surface area contributed by atoms with Crippen molar-refractivity contribution in [2.45, 2.75) is 0 Å². The number of amides is 2. The number of rotatable bonds is 24. The maximum atomic E-state index is 10.6. The molecule has 0 aromatic carbocycles. The second-order valence-electron chi connectivity index (χ2n) is 10.1. The van der Waals surface area contributed by atoms with Gasteiger partial charge in [-0.3, -0.25) is 67.5 Å². The summed E-state index contributed by atoms with van der Waals surface area (Å²) in [7, 11) is 6.75. The van der Waals surface area contributed by atoms with E-state index in [-0.39, 0.29) is 26.2 Å².